The van der Waals surface area contributed by atoms with Crippen molar-refractivity contribution in [1.29, 1.82) is 5.26 Å². The van der Waals surface area contributed by atoms with E-state index in [0.29, 0.717) is 39.3 Å². The minimum atomic E-state index is -1.33. The highest BCUT2D eigenvalue weighted by Gasteiger charge is 2.35. The minimum absolute atomic E-state index is 0.162. The zero-order valence-corrected chi connectivity index (χ0v) is 33.8. The van der Waals surface area contributed by atoms with Crippen molar-refractivity contribution < 1.29 is 28.7 Å². The van der Waals surface area contributed by atoms with Crippen molar-refractivity contribution >= 4 is 23.6 Å². The lowest BCUT2D eigenvalue weighted by Crippen LogP contribution is -2.55. The molecule has 0 spiro atoms. The fourth-order valence-corrected chi connectivity index (χ4v) is 6.90. The molecule has 4 aromatic carbocycles. The van der Waals surface area contributed by atoms with Crippen molar-refractivity contribution in [2.75, 3.05) is 39.9 Å². The number of nitrogens with one attached hydrogen (secondary N) is 3. The maximum absolute atomic E-state index is 14.3. The fraction of sp³-hybridized carbons (Fsp3) is 0.356. The van der Waals surface area contributed by atoms with Crippen molar-refractivity contribution in [3.63, 3.8) is 0 Å². The molecule has 0 unspecified atom stereocenters. The van der Waals surface area contributed by atoms with Crippen molar-refractivity contribution in [3.8, 4) is 39.8 Å². The SMILES string of the molecule is CCCCc1ccc(-c2ccc(C(=O)N[C@@H](CN)C(=O)N(C)[C@@H]3C(=O)N[C@@H](C)C(=O)N[C@H](C#N)Cc4ccc(OCCN)c(c4)-c4cc3ccc4OCCN)cc2)cc1. The van der Waals surface area contributed by atoms with Gasteiger partial charge in [0.1, 0.15) is 48.9 Å². The van der Waals surface area contributed by atoms with Crippen LogP contribution in [-0.4, -0.2) is 86.5 Å². The molecule has 4 bridgehead atoms. The van der Waals surface area contributed by atoms with Gasteiger partial charge in [-0.15, -0.1) is 0 Å². The van der Waals surface area contributed by atoms with E-state index in [-0.39, 0.29) is 39.3 Å². The quantitative estimate of drug-likeness (QED) is 0.103. The van der Waals surface area contributed by atoms with E-state index in [1.165, 1.54) is 24.4 Å². The van der Waals surface area contributed by atoms with Crippen LogP contribution in [0.15, 0.2) is 84.9 Å². The summed E-state index contributed by atoms with van der Waals surface area (Å²) in [5, 5.41) is 18.1. The first-order valence-electron chi connectivity index (χ1n) is 19.9. The predicted molar refractivity (Wildman–Crippen MR) is 226 cm³/mol. The molecule has 0 aliphatic carbocycles. The van der Waals surface area contributed by atoms with Gasteiger partial charge >= 0.3 is 0 Å². The summed E-state index contributed by atoms with van der Waals surface area (Å²) in [6.07, 6.45) is 3.44. The number of nitrogens with zero attached hydrogens (tertiary/aromatic N) is 2. The van der Waals surface area contributed by atoms with Crippen LogP contribution in [0.2, 0.25) is 0 Å². The highest BCUT2D eigenvalue weighted by atomic mass is 16.5. The number of nitrogens with two attached hydrogens (primary N) is 3. The summed E-state index contributed by atoms with van der Waals surface area (Å²) in [4.78, 5) is 56.7. The van der Waals surface area contributed by atoms with E-state index < -0.39 is 47.8 Å². The standard InChI is InChI=1S/C45H54N8O6/c1-4-5-6-29-7-10-31(11-8-29)32-12-14-33(15-13-32)43(55)52-38(27-49)45(57)53(3)41-34-16-18-40(59-22-20-47)37(25-34)36-24-30(9-17-39(36)58-21-19-46)23-35(26-48)51-42(54)28(2)50-44(41)56/h7-18,24-25,28,35,38,41H,4-6,19-23,27,46-47,49H2,1-3H3,(H,50,56)(H,51,54)(H,52,55)/t28-,35-,38-,41-/m0/s1. The van der Waals surface area contributed by atoms with Gasteiger partial charge in [0.2, 0.25) is 17.7 Å². The van der Waals surface area contributed by atoms with Crippen molar-refractivity contribution in [1.82, 2.24) is 20.9 Å². The molecule has 4 aromatic rings. The third kappa shape index (κ3) is 11.0. The van der Waals surface area contributed by atoms with Crippen LogP contribution in [0.4, 0.5) is 0 Å². The molecule has 0 saturated heterocycles. The lowest BCUT2D eigenvalue weighted by atomic mass is 9.93. The van der Waals surface area contributed by atoms with Gasteiger partial charge in [0.15, 0.2) is 0 Å². The molecule has 0 aromatic heterocycles. The lowest BCUT2D eigenvalue weighted by Gasteiger charge is -2.32. The molecule has 9 N–H and O–H groups in total. The first kappa shape index (κ1) is 43.8. The highest BCUT2D eigenvalue weighted by molar-refractivity contribution is 5.99. The Hall–Kier alpha value is -6.27. The van der Waals surface area contributed by atoms with Gasteiger partial charge in [0.25, 0.3) is 5.91 Å². The van der Waals surface area contributed by atoms with Crippen molar-refractivity contribution in [2.45, 2.75) is 63.7 Å². The average Bonchev–Trinajstić information content (AvgIpc) is 3.25. The van der Waals surface area contributed by atoms with Crippen LogP contribution >= 0.6 is 0 Å². The fourth-order valence-electron chi connectivity index (χ4n) is 6.90. The highest BCUT2D eigenvalue weighted by Crippen LogP contribution is 2.40. The van der Waals surface area contributed by atoms with Gasteiger partial charge < -0.3 is 47.5 Å². The number of hydrogen-bond acceptors (Lipinski definition) is 10. The summed E-state index contributed by atoms with van der Waals surface area (Å²) in [7, 11) is 1.43. The normalized spacial score (nSPS) is 17.0. The van der Waals surface area contributed by atoms with Gasteiger partial charge in [0, 0.05) is 49.8 Å². The maximum atomic E-state index is 14.3. The maximum Gasteiger partial charge on any atom is 0.251 e. The molecule has 14 heteroatoms. The number of aryl methyl sites for hydroxylation is 1. The van der Waals surface area contributed by atoms with E-state index in [4.69, 9.17) is 26.7 Å². The number of likely N-dealkylation sites (N-methyl/N-ethyl adjacent to an activating group) is 1. The molecule has 0 fully saturated rings. The zero-order chi connectivity index (χ0) is 42.5. The van der Waals surface area contributed by atoms with Gasteiger partial charge in [0.05, 0.1) is 6.07 Å². The largest absolute Gasteiger partial charge is 0.492 e. The summed E-state index contributed by atoms with van der Waals surface area (Å²) in [6, 6.07) is 23.4. The Balaban J connectivity index is 1.49. The smallest absolute Gasteiger partial charge is 0.251 e. The van der Waals surface area contributed by atoms with E-state index in [1.807, 2.05) is 18.2 Å². The molecule has 1 heterocycles. The molecule has 310 valence electrons. The molecule has 4 atom stereocenters. The molecular formula is C45H54N8O6. The number of unbranched alkanes of at least 4 members (excludes halogenated alkanes) is 1. The first-order valence-corrected chi connectivity index (χ1v) is 19.9. The second-order valence-corrected chi connectivity index (χ2v) is 14.5. The second-order valence-electron chi connectivity index (χ2n) is 14.5. The Morgan fingerprint density at radius 1 is 0.864 bits per heavy atom. The van der Waals surface area contributed by atoms with Crippen LogP contribution in [0.5, 0.6) is 11.5 Å². The topological polar surface area (TPSA) is 228 Å². The number of benzene rings is 4. The van der Waals surface area contributed by atoms with E-state index in [0.717, 1.165) is 30.4 Å². The minimum Gasteiger partial charge on any atom is -0.492 e. The summed E-state index contributed by atoms with van der Waals surface area (Å²) >= 11 is 0. The molecule has 5 rings (SSSR count). The van der Waals surface area contributed by atoms with Crippen LogP contribution < -0.4 is 42.6 Å². The van der Waals surface area contributed by atoms with E-state index in [9.17, 15) is 24.4 Å². The average molecular weight is 803 g/mol. The van der Waals surface area contributed by atoms with Crippen LogP contribution in [0.1, 0.15) is 59.8 Å². The molecule has 1 aliphatic rings. The van der Waals surface area contributed by atoms with E-state index >= 15 is 0 Å². The van der Waals surface area contributed by atoms with Gasteiger partial charge in [-0.3, -0.25) is 19.2 Å². The number of rotatable bonds is 15. The molecule has 0 radical (unpaired) electrons. The number of carbonyl (C=O) groups excluding carboxylic acids is 4. The summed E-state index contributed by atoms with van der Waals surface area (Å²) < 4.78 is 12.1. The Bertz CT molecular complexity index is 2140. The molecule has 14 nitrogen and oxygen atoms in total. The Labute approximate surface area is 345 Å². The summed E-state index contributed by atoms with van der Waals surface area (Å²) in [5.74, 6) is -1.58. The van der Waals surface area contributed by atoms with Crippen molar-refractivity contribution in [2.24, 2.45) is 17.2 Å². The molecule has 0 saturated carbocycles. The molecule has 59 heavy (non-hydrogen) atoms. The van der Waals surface area contributed by atoms with Crippen LogP contribution in [0, 0.1) is 11.3 Å². The lowest BCUT2D eigenvalue weighted by molar-refractivity contribution is -0.141. The van der Waals surface area contributed by atoms with E-state index in [2.05, 4.69) is 53.2 Å². The molecular weight excluding hydrogens is 749 g/mol. The Morgan fingerprint density at radius 2 is 1.47 bits per heavy atom. The zero-order valence-electron chi connectivity index (χ0n) is 33.8. The van der Waals surface area contributed by atoms with Gasteiger partial charge in [-0.25, -0.2) is 0 Å². The van der Waals surface area contributed by atoms with E-state index in [1.54, 1.807) is 42.5 Å². The number of fused-ring (bicyclic) bond motifs is 5. The Morgan fingerprint density at radius 3 is 2.07 bits per heavy atom. The third-order valence-corrected chi connectivity index (χ3v) is 10.1. The predicted octanol–water partition coefficient (Wildman–Crippen LogP) is 3.36. The van der Waals surface area contributed by atoms with Gasteiger partial charge in [-0.1, -0.05) is 61.9 Å². The Kier molecular flexibility index (Phi) is 15.6. The summed E-state index contributed by atoms with van der Waals surface area (Å²) in [5.41, 5.74) is 23.4. The number of nitriles is 1. The van der Waals surface area contributed by atoms with Crippen molar-refractivity contribution in [3.05, 3.63) is 107 Å². The van der Waals surface area contributed by atoms with Crippen LogP contribution in [0.25, 0.3) is 22.3 Å². The van der Waals surface area contributed by atoms with Crippen LogP contribution in [-0.2, 0) is 27.2 Å². The summed E-state index contributed by atoms with van der Waals surface area (Å²) in [6.45, 7) is 4.23. The number of ether oxygens (including phenoxy) is 2. The molecule has 1 aliphatic heterocycles. The third-order valence-electron chi connectivity index (χ3n) is 10.1. The number of amides is 4. The van der Waals surface area contributed by atoms with Crippen LogP contribution in [0.3, 0.4) is 0 Å². The monoisotopic (exact) mass is 802 g/mol. The van der Waals surface area contributed by atoms with Gasteiger partial charge in [-0.2, -0.15) is 5.26 Å². The first-order chi connectivity index (χ1) is 28.5. The number of hydrogen-bond donors (Lipinski definition) is 6. The second kappa shape index (κ2) is 20.9. The van der Waals surface area contributed by atoms with Gasteiger partial charge in [-0.05, 0) is 84.0 Å². The number of carbonyl (C=O) groups is 4. The molecule has 4 amide bonds.